The van der Waals surface area contributed by atoms with Gasteiger partial charge in [-0.15, -0.1) is 0 Å². The highest BCUT2D eigenvalue weighted by molar-refractivity contribution is 7.92. The normalized spacial score (nSPS) is 16.0. The lowest BCUT2D eigenvalue weighted by molar-refractivity contribution is 0.0993. The number of carbonyl (C=O) groups is 1. The summed E-state index contributed by atoms with van der Waals surface area (Å²) in [6, 6.07) is 16.0. The van der Waals surface area contributed by atoms with E-state index in [0.717, 1.165) is 37.7 Å². The van der Waals surface area contributed by atoms with Gasteiger partial charge < -0.3 is 0 Å². The molecule has 0 heterocycles. The number of rotatable bonds is 5. The van der Waals surface area contributed by atoms with Crippen LogP contribution in [-0.4, -0.2) is 19.5 Å². The van der Waals surface area contributed by atoms with Crippen LogP contribution >= 0.6 is 0 Å². The molecule has 1 aliphatic rings. The summed E-state index contributed by atoms with van der Waals surface area (Å²) in [7, 11) is -3.34. The smallest absolute Gasteiger partial charge is 0.181 e. The van der Waals surface area contributed by atoms with Crippen LogP contribution in [0.4, 0.5) is 0 Å². The molecule has 2 aromatic rings. The molecule has 3 nitrogen and oxygen atoms in total. The fraction of sp³-hybridized carbons (Fsp3) is 0.350. The Labute approximate surface area is 143 Å². The third-order valence-electron chi connectivity index (χ3n) is 4.68. The SMILES string of the molecule is O=C(Cc1ccccc1)c1cccc(S(=O)(=O)C2CCCCC2)c1. The highest BCUT2D eigenvalue weighted by Crippen LogP contribution is 2.29. The first-order valence-electron chi connectivity index (χ1n) is 8.48. The maximum atomic E-state index is 12.8. The van der Waals surface area contributed by atoms with Crippen molar-refractivity contribution in [2.45, 2.75) is 48.7 Å². The van der Waals surface area contributed by atoms with E-state index in [9.17, 15) is 13.2 Å². The standard InChI is InChI=1S/C20H22O3S/c21-20(14-16-8-3-1-4-9-16)17-10-7-13-19(15-17)24(22,23)18-11-5-2-6-12-18/h1,3-4,7-10,13,15,18H,2,5-6,11-12,14H2. The van der Waals surface area contributed by atoms with Crippen molar-refractivity contribution in [2.75, 3.05) is 0 Å². The van der Waals surface area contributed by atoms with Crippen LogP contribution in [0.3, 0.4) is 0 Å². The van der Waals surface area contributed by atoms with Gasteiger partial charge >= 0.3 is 0 Å². The third-order valence-corrected chi connectivity index (χ3v) is 6.94. The minimum Gasteiger partial charge on any atom is -0.294 e. The van der Waals surface area contributed by atoms with Gasteiger partial charge in [0.05, 0.1) is 10.1 Å². The van der Waals surface area contributed by atoms with Crippen LogP contribution in [0.2, 0.25) is 0 Å². The topological polar surface area (TPSA) is 51.2 Å². The molecule has 0 saturated heterocycles. The summed E-state index contributed by atoms with van der Waals surface area (Å²) in [5.41, 5.74) is 1.40. The maximum absolute atomic E-state index is 12.8. The van der Waals surface area contributed by atoms with E-state index >= 15 is 0 Å². The second-order valence-corrected chi connectivity index (χ2v) is 8.65. The van der Waals surface area contributed by atoms with Crippen molar-refractivity contribution in [3.8, 4) is 0 Å². The van der Waals surface area contributed by atoms with Gasteiger partial charge in [0.15, 0.2) is 15.6 Å². The molecule has 1 saturated carbocycles. The summed E-state index contributed by atoms with van der Waals surface area (Å²) in [5, 5.41) is -0.300. The lowest BCUT2D eigenvalue weighted by atomic mass is 10.0. The predicted octanol–water partition coefficient (Wildman–Crippen LogP) is 4.22. The molecule has 24 heavy (non-hydrogen) atoms. The van der Waals surface area contributed by atoms with Gasteiger partial charge in [0.1, 0.15) is 0 Å². The molecular weight excluding hydrogens is 320 g/mol. The fourth-order valence-electron chi connectivity index (χ4n) is 3.30. The van der Waals surface area contributed by atoms with E-state index in [1.165, 1.54) is 0 Å². The van der Waals surface area contributed by atoms with Crippen molar-refractivity contribution in [3.05, 3.63) is 65.7 Å². The number of sulfone groups is 1. The lowest BCUT2D eigenvalue weighted by Gasteiger charge is -2.22. The zero-order valence-corrected chi connectivity index (χ0v) is 14.5. The zero-order chi connectivity index (χ0) is 17.0. The van der Waals surface area contributed by atoms with E-state index in [0.29, 0.717) is 5.56 Å². The molecule has 3 rings (SSSR count). The number of hydrogen-bond donors (Lipinski definition) is 0. The number of Topliss-reactive ketones (excluding diaryl/α,β-unsaturated/α-hetero) is 1. The number of carbonyl (C=O) groups excluding carboxylic acids is 1. The molecule has 0 spiro atoms. The summed E-state index contributed by atoms with van der Waals surface area (Å²) in [4.78, 5) is 12.8. The molecule has 1 fully saturated rings. The Morgan fingerprint density at radius 1 is 0.917 bits per heavy atom. The molecule has 0 unspecified atom stereocenters. The van der Waals surface area contributed by atoms with E-state index in [1.54, 1.807) is 24.3 Å². The highest BCUT2D eigenvalue weighted by atomic mass is 32.2. The van der Waals surface area contributed by atoms with E-state index in [-0.39, 0.29) is 22.3 Å². The van der Waals surface area contributed by atoms with Crippen LogP contribution < -0.4 is 0 Å². The van der Waals surface area contributed by atoms with E-state index < -0.39 is 9.84 Å². The first-order chi connectivity index (χ1) is 11.6. The summed E-state index contributed by atoms with van der Waals surface area (Å²) < 4.78 is 25.6. The van der Waals surface area contributed by atoms with Crippen molar-refractivity contribution in [1.29, 1.82) is 0 Å². The molecule has 126 valence electrons. The van der Waals surface area contributed by atoms with Gasteiger partial charge in [-0.1, -0.05) is 61.7 Å². The Kier molecular flexibility index (Phi) is 5.14. The number of benzene rings is 2. The number of ketones is 1. The number of hydrogen-bond acceptors (Lipinski definition) is 3. The summed E-state index contributed by atoms with van der Waals surface area (Å²) >= 11 is 0. The van der Waals surface area contributed by atoms with Gasteiger partial charge in [0, 0.05) is 12.0 Å². The quantitative estimate of drug-likeness (QED) is 0.765. The summed E-state index contributed by atoms with van der Waals surface area (Å²) in [5.74, 6) is -0.0538. The Morgan fingerprint density at radius 2 is 1.62 bits per heavy atom. The van der Waals surface area contributed by atoms with Gasteiger partial charge in [-0.2, -0.15) is 0 Å². The molecule has 0 aromatic heterocycles. The Hall–Kier alpha value is -1.94. The Morgan fingerprint density at radius 3 is 2.33 bits per heavy atom. The van der Waals surface area contributed by atoms with Crippen molar-refractivity contribution >= 4 is 15.6 Å². The van der Waals surface area contributed by atoms with Crippen molar-refractivity contribution in [2.24, 2.45) is 0 Å². The fourth-order valence-corrected chi connectivity index (χ4v) is 5.20. The molecule has 0 aliphatic heterocycles. The monoisotopic (exact) mass is 342 g/mol. The van der Waals surface area contributed by atoms with Gasteiger partial charge in [0.2, 0.25) is 0 Å². The van der Waals surface area contributed by atoms with Crippen molar-refractivity contribution in [3.63, 3.8) is 0 Å². The highest BCUT2D eigenvalue weighted by Gasteiger charge is 2.29. The minimum atomic E-state index is -3.34. The van der Waals surface area contributed by atoms with Crippen LogP contribution in [0.1, 0.15) is 48.0 Å². The van der Waals surface area contributed by atoms with Gasteiger partial charge in [-0.25, -0.2) is 8.42 Å². The molecule has 4 heteroatoms. The second kappa shape index (κ2) is 7.31. The van der Waals surface area contributed by atoms with Crippen molar-refractivity contribution in [1.82, 2.24) is 0 Å². The lowest BCUT2D eigenvalue weighted by Crippen LogP contribution is -2.24. The second-order valence-electron chi connectivity index (χ2n) is 6.42. The van der Waals surface area contributed by atoms with Crippen LogP contribution in [-0.2, 0) is 16.3 Å². The van der Waals surface area contributed by atoms with Gasteiger partial charge in [-0.3, -0.25) is 4.79 Å². The van der Waals surface area contributed by atoms with E-state index in [2.05, 4.69) is 0 Å². The van der Waals surface area contributed by atoms with Gasteiger partial charge in [0.25, 0.3) is 0 Å². The largest absolute Gasteiger partial charge is 0.294 e. The van der Waals surface area contributed by atoms with Gasteiger partial charge in [-0.05, 0) is 30.5 Å². The molecule has 1 aliphatic carbocycles. The molecule has 0 atom stereocenters. The minimum absolute atomic E-state index is 0.0538. The zero-order valence-electron chi connectivity index (χ0n) is 13.6. The first-order valence-corrected chi connectivity index (χ1v) is 10.0. The first kappa shape index (κ1) is 16.9. The van der Waals surface area contributed by atoms with Crippen molar-refractivity contribution < 1.29 is 13.2 Å². The van der Waals surface area contributed by atoms with E-state index in [4.69, 9.17) is 0 Å². The van der Waals surface area contributed by atoms with E-state index in [1.807, 2.05) is 30.3 Å². The van der Waals surface area contributed by atoms with Crippen LogP contribution in [0.15, 0.2) is 59.5 Å². The molecule has 0 amide bonds. The summed E-state index contributed by atoms with van der Waals surface area (Å²) in [6.07, 6.45) is 4.79. The molecule has 0 N–H and O–H groups in total. The molecule has 0 radical (unpaired) electrons. The molecule has 2 aromatic carbocycles. The maximum Gasteiger partial charge on any atom is 0.181 e. The van der Waals surface area contributed by atoms with Crippen LogP contribution in [0.25, 0.3) is 0 Å². The predicted molar refractivity (Wildman–Crippen MR) is 95.0 cm³/mol. The Bertz CT molecular complexity index is 804. The van der Waals surface area contributed by atoms with Crippen LogP contribution in [0.5, 0.6) is 0 Å². The molecule has 0 bridgehead atoms. The average Bonchev–Trinajstić information content (AvgIpc) is 2.63. The molecular formula is C20H22O3S. The Balaban J connectivity index is 1.82. The van der Waals surface area contributed by atoms with Crippen LogP contribution in [0, 0.1) is 0 Å². The third kappa shape index (κ3) is 3.75. The summed E-state index contributed by atoms with van der Waals surface area (Å²) in [6.45, 7) is 0. The average molecular weight is 342 g/mol.